The molecule has 1 unspecified atom stereocenters. The first-order chi connectivity index (χ1) is 11.7. The Kier molecular flexibility index (Phi) is 5.02. The highest BCUT2D eigenvalue weighted by atomic mass is 79.9. The van der Waals surface area contributed by atoms with Gasteiger partial charge in [-0.25, -0.2) is 8.42 Å². The van der Waals surface area contributed by atoms with Crippen molar-refractivity contribution in [3.63, 3.8) is 0 Å². The van der Waals surface area contributed by atoms with E-state index in [1.807, 2.05) is 38.1 Å². The van der Waals surface area contributed by atoms with Crippen LogP contribution >= 0.6 is 15.9 Å². The lowest BCUT2D eigenvalue weighted by atomic mass is 10.1. The lowest BCUT2D eigenvalue weighted by molar-refractivity contribution is -0.115. The third-order valence-corrected chi connectivity index (χ3v) is 6.77. The van der Waals surface area contributed by atoms with Gasteiger partial charge in [0.1, 0.15) is 0 Å². The minimum atomic E-state index is -2.98. The second kappa shape index (κ2) is 6.92. The number of aryl methyl sites for hydroxylation is 1. The zero-order valence-corrected chi connectivity index (χ0v) is 16.5. The number of carbonyl (C=O) groups excluding carboxylic acids is 1. The van der Waals surface area contributed by atoms with Crippen LogP contribution in [0.1, 0.15) is 29.4 Å². The van der Waals surface area contributed by atoms with E-state index in [1.165, 1.54) is 0 Å². The Labute approximate surface area is 155 Å². The molecule has 1 aliphatic rings. The number of anilines is 1. The van der Waals surface area contributed by atoms with Gasteiger partial charge in [-0.15, -0.1) is 0 Å². The van der Waals surface area contributed by atoms with Crippen LogP contribution in [0.2, 0.25) is 0 Å². The zero-order valence-electron chi connectivity index (χ0n) is 14.1. The molecule has 1 aliphatic heterocycles. The maximum absolute atomic E-state index is 12.3. The van der Waals surface area contributed by atoms with Crippen molar-refractivity contribution in [2.45, 2.75) is 32.7 Å². The molecular weight excluding hydrogens is 406 g/mol. The molecule has 6 nitrogen and oxygen atoms in total. The van der Waals surface area contributed by atoms with Crippen molar-refractivity contribution in [1.82, 2.24) is 9.78 Å². The van der Waals surface area contributed by atoms with E-state index in [0.29, 0.717) is 6.42 Å². The summed E-state index contributed by atoms with van der Waals surface area (Å²) < 4.78 is 26.2. The third-order valence-electron chi connectivity index (χ3n) is 4.49. The average molecular weight is 426 g/mol. The minimum absolute atomic E-state index is 0.118. The van der Waals surface area contributed by atoms with Gasteiger partial charge in [-0.1, -0.05) is 15.9 Å². The van der Waals surface area contributed by atoms with E-state index in [-0.39, 0.29) is 29.9 Å². The SMILES string of the molecule is Cc1nn(C2CCS(=O)(=O)C2)c(C)c1CC(=O)Nc1ccc(Br)cc1. The van der Waals surface area contributed by atoms with Gasteiger partial charge in [-0.05, 0) is 44.5 Å². The van der Waals surface area contributed by atoms with Gasteiger partial charge in [0.15, 0.2) is 9.84 Å². The Bertz CT molecular complexity index is 904. The smallest absolute Gasteiger partial charge is 0.228 e. The maximum Gasteiger partial charge on any atom is 0.228 e. The van der Waals surface area contributed by atoms with Gasteiger partial charge >= 0.3 is 0 Å². The Morgan fingerprint density at radius 2 is 2.00 bits per heavy atom. The fourth-order valence-corrected chi connectivity index (χ4v) is 5.13. The topological polar surface area (TPSA) is 81.1 Å². The third kappa shape index (κ3) is 4.12. The van der Waals surface area contributed by atoms with Crippen LogP contribution in [0.5, 0.6) is 0 Å². The van der Waals surface area contributed by atoms with E-state index in [9.17, 15) is 13.2 Å². The summed E-state index contributed by atoms with van der Waals surface area (Å²) in [4.78, 5) is 12.3. The first-order valence-corrected chi connectivity index (χ1v) is 10.7. The Hall–Kier alpha value is -1.67. The number of hydrogen-bond acceptors (Lipinski definition) is 4. The average Bonchev–Trinajstić information content (AvgIpc) is 3.03. The van der Waals surface area contributed by atoms with Crippen LogP contribution in [0, 0.1) is 13.8 Å². The number of halogens is 1. The second-order valence-corrected chi connectivity index (χ2v) is 9.53. The standard InChI is InChI=1S/C17H20BrN3O3S/c1-11-16(9-17(22)19-14-5-3-13(18)4-6-14)12(2)21(20-11)15-7-8-25(23,24)10-15/h3-6,15H,7-10H2,1-2H3,(H,19,22). The number of nitrogens with one attached hydrogen (secondary N) is 1. The van der Waals surface area contributed by atoms with Gasteiger partial charge in [-0.2, -0.15) is 5.10 Å². The van der Waals surface area contributed by atoms with Crippen LogP contribution in [0.4, 0.5) is 5.69 Å². The number of benzene rings is 1. The van der Waals surface area contributed by atoms with E-state index < -0.39 is 9.84 Å². The largest absolute Gasteiger partial charge is 0.326 e. The molecule has 1 amide bonds. The van der Waals surface area contributed by atoms with Gasteiger partial charge in [-0.3, -0.25) is 9.48 Å². The van der Waals surface area contributed by atoms with E-state index in [0.717, 1.165) is 27.1 Å². The molecule has 0 saturated carbocycles. The molecule has 1 atom stereocenters. The normalized spacial score (nSPS) is 19.1. The number of aromatic nitrogens is 2. The highest BCUT2D eigenvalue weighted by Crippen LogP contribution is 2.27. The number of carbonyl (C=O) groups is 1. The molecule has 3 rings (SSSR count). The minimum Gasteiger partial charge on any atom is -0.326 e. The molecule has 1 N–H and O–H groups in total. The highest BCUT2D eigenvalue weighted by molar-refractivity contribution is 9.10. The summed E-state index contributed by atoms with van der Waals surface area (Å²) in [7, 11) is -2.98. The summed E-state index contributed by atoms with van der Waals surface area (Å²) >= 11 is 3.36. The van der Waals surface area contributed by atoms with Crippen LogP contribution in [0.25, 0.3) is 0 Å². The number of hydrogen-bond donors (Lipinski definition) is 1. The Morgan fingerprint density at radius 3 is 2.60 bits per heavy atom. The van der Waals surface area contributed by atoms with Gasteiger partial charge in [0.05, 0.1) is 29.7 Å². The molecule has 0 bridgehead atoms. The molecule has 0 aliphatic carbocycles. The first-order valence-electron chi connectivity index (χ1n) is 8.05. The van der Waals surface area contributed by atoms with Gasteiger partial charge in [0.2, 0.25) is 5.91 Å². The fraction of sp³-hybridized carbons (Fsp3) is 0.412. The van der Waals surface area contributed by atoms with Gasteiger partial charge in [0, 0.05) is 21.4 Å². The molecule has 0 radical (unpaired) electrons. The lowest BCUT2D eigenvalue weighted by Gasteiger charge is -2.11. The van der Waals surface area contributed by atoms with E-state index in [4.69, 9.17) is 0 Å². The predicted molar refractivity (Wildman–Crippen MR) is 100 cm³/mol. The molecule has 0 spiro atoms. The van der Waals surface area contributed by atoms with Crippen molar-refractivity contribution in [3.8, 4) is 0 Å². The zero-order chi connectivity index (χ0) is 18.2. The summed E-state index contributed by atoms with van der Waals surface area (Å²) in [6.45, 7) is 3.75. The predicted octanol–water partition coefficient (Wildman–Crippen LogP) is 2.80. The Balaban J connectivity index is 1.74. The quantitative estimate of drug-likeness (QED) is 0.816. The molecule has 8 heteroatoms. The summed E-state index contributed by atoms with van der Waals surface area (Å²) in [5, 5.41) is 7.37. The number of nitrogens with zero attached hydrogens (tertiary/aromatic N) is 2. The molecule has 1 saturated heterocycles. The summed E-state index contributed by atoms with van der Waals surface area (Å²) in [5.74, 6) is 0.210. The molecule has 25 heavy (non-hydrogen) atoms. The monoisotopic (exact) mass is 425 g/mol. The first kappa shape index (κ1) is 18.1. The number of sulfone groups is 1. The number of amides is 1. The van der Waals surface area contributed by atoms with Crippen LogP contribution in [0.15, 0.2) is 28.7 Å². The Morgan fingerprint density at radius 1 is 1.32 bits per heavy atom. The van der Waals surface area contributed by atoms with Crippen molar-refractivity contribution >= 4 is 37.4 Å². The second-order valence-electron chi connectivity index (χ2n) is 6.38. The fourth-order valence-electron chi connectivity index (χ4n) is 3.18. The molecule has 2 aromatic rings. The van der Waals surface area contributed by atoms with E-state index in [1.54, 1.807) is 4.68 Å². The van der Waals surface area contributed by atoms with Gasteiger partial charge in [0.25, 0.3) is 0 Å². The van der Waals surface area contributed by atoms with Crippen LogP contribution < -0.4 is 5.32 Å². The molecular formula is C17H20BrN3O3S. The summed E-state index contributed by atoms with van der Waals surface area (Å²) in [5.41, 5.74) is 3.23. The van der Waals surface area contributed by atoms with E-state index in [2.05, 4.69) is 26.3 Å². The molecule has 1 aromatic heterocycles. The molecule has 2 heterocycles. The van der Waals surface area contributed by atoms with Crippen molar-refractivity contribution < 1.29 is 13.2 Å². The van der Waals surface area contributed by atoms with Gasteiger partial charge < -0.3 is 5.32 Å². The van der Waals surface area contributed by atoms with Crippen molar-refractivity contribution in [2.24, 2.45) is 0 Å². The van der Waals surface area contributed by atoms with Crippen molar-refractivity contribution in [1.29, 1.82) is 0 Å². The molecule has 134 valence electrons. The van der Waals surface area contributed by atoms with Crippen LogP contribution in [0.3, 0.4) is 0 Å². The maximum atomic E-state index is 12.3. The van der Waals surface area contributed by atoms with Crippen molar-refractivity contribution in [2.75, 3.05) is 16.8 Å². The van der Waals surface area contributed by atoms with Crippen LogP contribution in [-0.4, -0.2) is 35.6 Å². The molecule has 1 aromatic carbocycles. The summed E-state index contributed by atoms with van der Waals surface area (Å²) in [6, 6.07) is 7.25. The lowest BCUT2D eigenvalue weighted by Crippen LogP contribution is -2.16. The van der Waals surface area contributed by atoms with E-state index >= 15 is 0 Å². The van der Waals surface area contributed by atoms with Crippen LogP contribution in [-0.2, 0) is 21.1 Å². The molecule has 1 fully saturated rings. The summed E-state index contributed by atoms with van der Waals surface area (Å²) in [6.07, 6.45) is 0.794. The number of rotatable bonds is 4. The highest BCUT2D eigenvalue weighted by Gasteiger charge is 2.31. The van der Waals surface area contributed by atoms with Crippen molar-refractivity contribution in [3.05, 3.63) is 45.7 Å².